The zero-order chi connectivity index (χ0) is 13.5. The van der Waals surface area contributed by atoms with Crippen molar-refractivity contribution in [3.63, 3.8) is 0 Å². The number of nitrogens with two attached hydrogens (primary N) is 1. The summed E-state index contributed by atoms with van der Waals surface area (Å²) in [6.07, 6.45) is 3.86. The van der Waals surface area contributed by atoms with Crippen LogP contribution < -0.4 is 5.73 Å². The largest absolute Gasteiger partial charge is 0.342 e. The Morgan fingerprint density at radius 3 is 2.67 bits per heavy atom. The molecule has 0 radical (unpaired) electrons. The second kappa shape index (κ2) is 8.05. The quantitative estimate of drug-likeness (QED) is 0.774. The van der Waals surface area contributed by atoms with Crippen LogP contribution in [0, 0.1) is 11.8 Å². The van der Waals surface area contributed by atoms with Gasteiger partial charge in [0.25, 0.3) is 0 Å². The summed E-state index contributed by atoms with van der Waals surface area (Å²) >= 11 is 1.95. The summed E-state index contributed by atoms with van der Waals surface area (Å²) in [7, 11) is 1.96. The molecule has 1 fully saturated rings. The predicted octanol–water partition coefficient (Wildman–Crippen LogP) is 2.35. The third kappa shape index (κ3) is 4.81. The van der Waals surface area contributed by atoms with Gasteiger partial charge < -0.3 is 10.6 Å². The molecule has 106 valence electrons. The van der Waals surface area contributed by atoms with Crippen molar-refractivity contribution in [3.8, 4) is 0 Å². The highest BCUT2D eigenvalue weighted by atomic mass is 32.2. The van der Waals surface area contributed by atoms with E-state index in [1.54, 1.807) is 0 Å². The van der Waals surface area contributed by atoms with Gasteiger partial charge >= 0.3 is 0 Å². The van der Waals surface area contributed by atoms with Crippen LogP contribution in [0.5, 0.6) is 0 Å². The molecule has 18 heavy (non-hydrogen) atoms. The van der Waals surface area contributed by atoms with Crippen molar-refractivity contribution in [2.24, 2.45) is 17.6 Å². The molecular formula is C14H28N2OS. The number of carbonyl (C=O) groups excluding carboxylic acids is 1. The van der Waals surface area contributed by atoms with Crippen LogP contribution in [0.3, 0.4) is 0 Å². The second-order valence-electron chi connectivity index (χ2n) is 5.64. The smallest absolute Gasteiger partial charge is 0.222 e. The van der Waals surface area contributed by atoms with E-state index in [1.807, 2.05) is 23.7 Å². The molecule has 1 amide bonds. The number of rotatable bonds is 7. The first-order chi connectivity index (χ1) is 8.56. The molecule has 3 nitrogen and oxygen atoms in total. The molecule has 1 rings (SSSR count). The van der Waals surface area contributed by atoms with Crippen molar-refractivity contribution in [1.29, 1.82) is 0 Å². The first kappa shape index (κ1) is 15.8. The lowest BCUT2D eigenvalue weighted by atomic mass is 9.88. The van der Waals surface area contributed by atoms with Gasteiger partial charge in [-0.2, -0.15) is 11.8 Å². The predicted molar refractivity (Wildman–Crippen MR) is 79.7 cm³/mol. The van der Waals surface area contributed by atoms with Gasteiger partial charge in [0.2, 0.25) is 5.91 Å². The Morgan fingerprint density at radius 1 is 1.44 bits per heavy atom. The summed E-state index contributed by atoms with van der Waals surface area (Å²) < 4.78 is 0. The van der Waals surface area contributed by atoms with Gasteiger partial charge in [-0.1, -0.05) is 13.8 Å². The summed E-state index contributed by atoms with van der Waals surface area (Å²) in [5.41, 5.74) is 5.63. The molecule has 0 aromatic rings. The van der Waals surface area contributed by atoms with Crippen LogP contribution in [0.25, 0.3) is 0 Å². The highest BCUT2D eigenvalue weighted by Crippen LogP contribution is 2.24. The number of nitrogens with zero attached hydrogens (tertiary/aromatic N) is 1. The lowest BCUT2D eigenvalue weighted by Gasteiger charge is -2.26. The van der Waals surface area contributed by atoms with Crippen LogP contribution in [0.4, 0.5) is 0 Å². The molecule has 0 bridgehead atoms. The van der Waals surface area contributed by atoms with Crippen LogP contribution >= 0.6 is 11.8 Å². The first-order valence-electron chi connectivity index (χ1n) is 7.09. The van der Waals surface area contributed by atoms with Crippen LogP contribution in [-0.2, 0) is 4.79 Å². The fourth-order valence-electron chi connectivity index (χ4n) is 2.54. The topological polar surface area (TPSA) is 46.3 Å². The Labute approximate surface area is 116 Å². The molecule has 0 aromatic carbocycles. The highest BCUT2D eigenvalue weighted by Gasteiger charge is 2.24. The Morgan fingerprint density at radius 2 is 2.17 bits per heavy atom. The van der Waals surface area contributed by atoms with E-state index in [4.69, 9.17) is 5.73 Å². The normalized spacial score (nSPS) is 21.3. The second-order valence-corrected chi connectivity index (χ2v) is 6.79. The van der Waals surface area contributed by atoms with E-state index in [0.717, 1.165) is 31.6 Å². The summed E-state index contributed by atoms with van der Waals surface area (Å²) in [6.45, 7) is 5.18. The van der Waals surface area contributed by atoms with Gasteiger partial charge in [-0.25, -0.2) is 0 Å². The Kier molecular flexibility index (Phi) is 7.08. The van der Waals surface area contributed by atoms with E-state index in [0.29, 0.717) is 30.2 Å². The zero-order valence-corrected chi connectivity index (χ0v) is 12.8. The average Bonchev–Trinajstić information content (AvgIpc) is 2.86. The minimum absolute atomic E-state index is 0.310. The van der Waals surface area contributed by atoms with Gasteiger partial charge in [-0.05, 0) is 43.4 Å². The van der Waals surface area contributed by atoms with Gasteiger partial charge in [0, 0.05) is 25.3 Å². The summed E-state index contributed by atoms with van der Waals surface area (Å²) in [5.74, 6) is 3.83. The Balaban J connectivity index is 2.34. The van der Waals surface area contributed by atoms with Gasteiger partial charge in [0.1, 0.15) is 0 Å². The molecule has 4 heteroatoms. The maximum absolute atomic E-state index is 12.1. The van der Waals surface area contributed by atoms with Gasteiger partial charge in [0.15, 0.2) is 0 Å². The van der Waals surface area contributed by atoms with Crippen LogP contribution in [0.2, 0.25) is 0 Å². The number of hydrogen-bond donors (Lipinski definition) is 1. The molecule has 2 N–H and O–H groups in total. The standard InChI is InChI=1S/C14H28N2OS/c1-11(2)12(6-8-15)4-5-14(17)16(3)13-7-9-18-10-13/h11-13H,4-10,15H2,1-3H3. The van der Waals surface area contributed by atoms with E-state index in [-0.39, 0.29) is 0 Å². The molecule has 2 atom stereocenters. The van der Waals surface area contributed by atoms with Crippen molar-refractivity contribution < 1.29 is 4.79 Å². The van der Waals surface area contributed by atoms with E-state index in [2.05, 4.69) is 13.8 Å². The summed E-state index contributed by atoms with van der Waals surface area (Å²) in [6, 6.07) is 0.467. The Hall–Kier alpha value is -0.220. The molecular weight excluding hydrogens is 244 g/mol. The van der Waals surface area contributed by atoms with Crippen molar-refractivity contribution in [3.05, 3.63) is 0 Å². The van der Waals surface area contributed by atoms with E-state index in [1.165, 1.54) is 5.75 Å². The van der Waals surface area contributed by atoms with E-state index < -0.39 is 0 Å². The van der Waals surface area contributed by atoms with Crippen molar-refractivity contribution in [2.75, 3.05) is 25.1 Å². The summed E-state index contributed by atoms with van der Waals surface area (Å²) in [5, 5.41) is 0. The molecule has 1 aliphatic rings. The molecule has 0 aliphatic carbocycles. The zero-order valence-electron chi connectivity index (χ0n) is 12.0. The molecule has 1 heterocycles. The van der Waals surface area contributed by atoms with Crippen LogP contribution in [0.15, 0.2) is 0 Å². The first-order valence-corrected chi connectivity index (χ1v) is 8.25. The van der Waals surface area contributed by atoms with Crippen molar-refractivity contribution in [2.45, 2.75) is 45.6 Å². The third-order valence-corrected chi connectivity index (χ3v) is 5.20. The van der Waals surface area contributed by atoms with E-state index >= 15 is 0 Å². The highest BCUT2D eigenvalue weighted by molar-refractivity contribution is 7.99. The number of amides is 1. The van der Waals surface area contributed by atoms with Crippen molar-refractivity contribution in [1.82, 2.24) is 4.90 Å². The Bertz CT molecular complexity index is 252. The fourth-order valence-corrected chi connectivity index (χ4v) is 3.81. The van der Waals surface area contributed by atoms with E-state index in [9.17, 15) is 4.79 Å². The minimum Gasteiger partial charge on any atom is -0.342 e. The van der Waals surface area contributed by atoms with Gasteiger partial charge in [0.05, 0.1) is 0 Å². The lowest BCUT2D eigenvalue weighted by molar-refractivity contribution is -0.131. The van der Waals surface area contributed by atoms with Crippen LogP contribution in [-0.4, -0.2) is 41.9 Å². The minimum atomic E-state index is 0.310. The van der Waals surface area contributed by atoms with Gasteiger partial charge in [-0.15, -0.1) is 0 Å². The number of carbonyl (C=O) groups is 1. The monoisotopic (exact) mass is 272 g/mol. The lowest BCUT2D eigenvalue weighted by Crippen LogP contribution is -2.37. The molecule has 2 unspecified atom stereocenters. The maximum Gasteiger partial charge on any atom is 0.222 e. The third-order valence-electron chi connectivity index (χ3n) is 4.06. The maximum atomic E-state index is 12.1. The average molecular weight is 272 g/mol. The van der Waals surface area contributed by atoms with Crippen LogP contribution in [0.1, 0.15) is 39.5 Å². The molecule has 0 spiro atoms. The van der Waals surface area contributed by atoms with Gasteiger partial charge in [-0.3, -0.25) is 4.79 Å². The SMILES string of the molecule is CC(C)C(CCN)CCC(=O)N(C)C1CCSC1. The fraction of sp³-hybridized carbons (Fsp3) is 0.929. The number of hydrogen-bond acceptors (Lipinski definition) is 3. The summed E-state index contributed by atoms with van der Waals surface area (Å²) in [4.78, 5) is 14.1. The molecule has 1 saturated heterocycles. The molecule has 0 saturated carbocycles. The van der Waals surface area contributed by atoms with Crippen molar-refractivity contribution >= 4 is 17.7 Å². The molecule has 1 aliphatic heterocycles. The molecule has 0 aromatic heterocycles. The number of thioether (sulfide) groups is 1.